The lowest BCUT2D eigenvalue weighted by Gasteiger charge is -2.32. The third-order valence-electron chi connectivity index (χ3n) is 2.88. The van der Waals surface area contributed by atoms with E-state index in [9.17, 15) is 5.11 Å². The van der Waals surface area contributed by atoms with Crippen LogP contribution in [0.15, 0.2) is 0 Å². The standard InChI is InChI=1S/C11H20N4O3/c1-8-12-11(14-13-8)10-6-15(3-4-18-10)5-9(16)7-17-2/h9-10,16H,3-7H2,1-2H3,(H,12,13,14)/t9-,10-/m0/s1. The zero-order valence-corrected chi connectivity index (χ0v) is 10.8. The van der Waals surface area contributed by atoms with Gasteiger partial charge in [0.05, 0.1) is 19.3 Å². The fourth-order valence-corrected chi connectivity index (χ4v) is 2.07. The van der Waals surface area contributed by atoms with Crippen LogP contribution in [0.2, 0.25) is 0 Å². The van der Waals surface area contributed by atoms with E-state index in [2.05, 4.69) is 20.1 Å². The second-order valence-electron chi connectivity index (χ2n) is 4.51. The van der Waals surface area contributed by atoms with Crippen LogP contribution in [-0.2, 0) is 9.47 Å². The first-order valence-corrected chi connectivity index (χ1v) is 6.09. The van der Waals surface area contributed by atoms with E-state index in [4.69, 9.17) is 9.47 Å². The van der Waals surface area contributed by atoms with Gasteiger partial charge in [-0.15, -0.1) is 0 Å². The molecule has 2 atom stereocenters. The zero-order chi connectivity index (χ0) is 13.0. The van der Waals surface area contributed by atoms with E-state index in [1.54, 1.807) is 7.11 Å². The molecule has 0 unspecified atom stereocenters. The molecular formula is C11H20N4O3. The van der Waals surface area contributed by atoms with Crippen molar-refractivity contribution in [1.29, 1.82) is 0 Å². The van der Waals surface area contributed by atoms with Crippen molar-refractivity contribution in [3.05, 3.63) is 11.6 Å². The van der Waals surface area contributed by atoms with Crippen molar-refractivity contribution < 1.29 is 14.6 Å². The number of aryl methyl sites for hydroxylation is 1. The summed E-state index contributed by atoms with van der Waals surface area (Å²) in [5, 5.41) is 16.6. The van der Waals surface area contributed by atoms with E-state index < -0.39 is 6.10 Å². The maximum Gasteiger partial charge on any atom is 0.180 e. The van der Waals surface area contributed by atoms with Gasteiger partial charge >= 0.3 is 0 Å². The van der Waals surface area contributed by atoms with Gasteiger partial charge in [-0.3, -0.25) is 10.00 Å². The Labute approximate surface area is 106 Å². The Bertz CT molecular complexity index is 371. The molecule has 0 spiro atoms. The third-order valence-corrected chi connectivity index (χ3v) is 2.88. The van der Waals surface area contributed by atoms with Gasteiger partial charge in [-0.2, -0.15) is 5.10 Å². The van der Waals surface area contributed by atoms with Crippen molar-refractivity contribution >= 4 is 0 Å². The summed E-state index contributed by atoms with van der Waals surface area (Å²) >= 11 is 0. The van der Waals surface area contributed by atoms with E-state index >= 15 is 0 Å². The molecular weight excluding hydrogens is 236 g/mol. The van der Waals surface area contributed by atoms with Crippen LogP contribution in [0.5, 0.6) is 0 Å². The minimum atomic E-state index is -0.470. The molecule has 1 fully saturated rings. The Morgan fingerprint density at radius 1 is 1.67 bits per heavy atom. The van der Waals surface area contributed by atoms with Gasteiger partial charge in [0.2, 0.25) is 0 Å². The lowest BCUT2D eigenvalue weighted by Crippen LogP contribution is -2.43. The average Bonchev–Trinajstić information content (AvgIpc) is 2.76. The summed E-state index contributed by atoms with van der Waals surface area (Å²) in [6, 6.07) is 0. The monoisotopic (exact) mass is 256 g/mol. The van der Waals surface area contributed by atoms with Crippen LogP contribution in [0.3, 0.4) is 0 Å². The molecule has 0 aromatic carbocycles. The van der Waals surface area contributed by atoms with Gasteiger partial charge in [-0.05, 0) is 6.92 Å². The zero-order valence-electron chi connectivity index (χ0n) is 10.8. The van der Waals surface area contributed by atoms with E-state index in [1.807, 2.05) is 6.92 Å². The molecule has 1 aliphatic rings. The number of ether oxygens (including phenoxy) is 2. The highest BCUT2D eigenvalue weighted by molar-refractivity contribution is 4.95. The normalized spacial score (nSPS) is 23.2. The van der Waals surface area contributed by atoms with E-state index in [0.29, 0.717) is 32.1 Å². The summed E-state index contributed by atoms with van der Waals surface area (Å²) in [5.74, 6) is 1.46. The van der Waals surface area contributed by atoms with Crippen LogP contribution in [0, 0.1) is 6.92 Å². The summed E-state index contributed by atoms with van der Waals surface area (Å²) in [6.07, 6.45) is -0.596. The van der Waals surface area contributed by atoms with Gasteiger partial charge in [0, 0.05) is 26.7 Å². The highest BCUT2D eigenvalue weighted by Gasteiger charge is 2.26. The van der Waals surface area contributed by atoms with Crippen molar-refractivity contribution in [1.82, 2.24) is 20.1 Å². The molecule has 7 heteroatoms. The number of H-pyrrole nitrogens is 1. The number of nitrogens with one attached hydrogen (secondary N) is 1. The van der Waals surface area contributed by atoms with Gasteiger partial charge in [0.15, 0.2) is 5.82 Å². The Morgan fingerprint density at radius 3 is 3.17 bits per heavy atom. The molecule has 0 saturated carbocycles. The second-order valence-corrected chi connectivity index (χ2v) is 4.51. The molecule has 0 bridgehead atoms. The van der Waals surface area contributed by atoms with Crippen LogP contribution in [0.4, 0.5) is 0 Å². The smallest absolute Gasteiger partial charge is 0.180 e. The van der Waals surface area contributed by atoms with Gasteiger partial charge in [-0.1, -0.05) is 0 Å². The highest BCUT2D eigenvalue weighted by atomic mass is 16.5. The number of hydrogen-bond donors (Lipinski definition) is 2. The van der Waals surface area contributed by atoms with E-state index in [-0.39, 0.29) is 6.10 Å². The molecule has 1 aromatic heterocycles. The van der Waals surface area contributed by atoms with Crippen molar-refractivity contribution in [2.45, 2.75) is 19.1 Å². The first kappa shape index (κ1) is 13.4. The number of morpholine rings is 1. The number of nitrogens with zero attached hydrogens (tertiary/aromatic N) is 3. The minimum absolute atomic E-state index is 0.126. The molecule has 102 valence electrons. The summed E-state index contributed by atoms with van der Waals surface area (Å²) in [7, 11) is 1.59. The van der Waals surface area contributed by atoms with Gasteiger partial charge < -0.3 is 14.6 Å². The number of aromatic nitrogens is 3. The van der Waals surface area contributed by atoms with Crippen LogP contribution in [0.1, 0.15) is 17.8 Å². The average molecular weight is 256 g/mol. The number of aromatic amines is 1. The molecule has 1 saturated heterocycles. The first-order chi connectivity index (χ1) is 8.69. The van der Waals surface area contributed by atoms with Crippen LogP contribution >= 0.6 is 0 Å². The van der Waals surface area contributed by atoms with Gasteiger partial charge in [-0.25, -0.2) is 4.98 Å². The van der Waals surface area contributed by atoms with Crippen LogP contribution in [-0.4, -0.2) is 71.2 Å². The number of rotatable bonds is 5. The number of β-amino-alcohol motifs (C(OH)–C–C–N with tert-alkyl or cyclic N) is 1. The molecule has 1 aliphatic heterocycles. The van der Waals surface area contributed by atoms with Gasteiger partial charge in [0.1, 0.15) is 11.9 Å². The predicted molar refractivity (Wildman–Crippen MR) is 64.1 cm³/mol. The predicted octanol–water partition coefficient (Wildman–Crippen LogP) is -0.506. The van der Waals surface area contributed by atoms with Crippen molar-refractivity contribution in [3.8, 4) is 0 Å². The first-order valence-electron chi connectivity index (χ1n) is 6.09. The molecule has 0 amide bonds. The maximum atomic E-state index is 9.72. The highest BCUT2D eigenvalue weighted by Crippen LogP contribution is 2.18. The fraction of sp³-hybridized carbons (Fsp3) is 0.818. The number of aliphatic hydroxyl groups excluding tert-OH is 1. The summed E-state index contributed by atoms with van der Waals surface area (Å²) in [4.78, 5) is 6.42. The minimum Gasteiger partial charge on any atom is -0.389 e. The van der Waals surface area contributed by atoms with Crippen molar-refractivity contribution in [2.75, 3.05) is 40.0 Å². The quantitative estimate of drug-likeness (QED) is 0.738. The summed E-state index contributed by atoms with van der Waals surface area (Å²) in [5.41, 5.74) is 0. The maximum absolute atomic E-state index is 9.72. The Kier molecular flexibility index (Phi) is 4.65. The third kappa shape index (κ3) is 3.49. The lowest BCUT2D eigenvalue weighted by molar-refractivity contribution is -0.0526. The molecule has 1 aromatic rings. The molecule has 2 N–H and O–H groups in total. The fourth-order valence-electron chi connectivity index (χ4n) is 2.07. The van der Waals surface area contributed by atoms with Gasteiger partial charge in [0.25, 0.3) is 0 Å². The van der Waals surface area contributed by atoms with Crippen LogP contribution < -0.4 is 0 Å². The summed E-state index contributed by atoms with van der Waals surface area (Å²) in [6.45, 7) is 4.91. The van der Waals surface area contributed by atoms with Crippen molar-refractivity contribution in [3.63, 3.8) is 0 Å². The number of hydrogen-bond acceptors (Lipinski definition) is 6. The Balaban J connectivity index is 1.88. The number of methoxy groups -OCH3 is 1. The molecule has 7 nitrogen and oxygen atoms in total. The van der Waals surface area contributed by atoms with E-state index in [0.717, 1.165) is 12.4 Å². The van der Waals surface area contributed by atoms with Crippen molar-refractivity contribution in [2.24, 2.45) is 0 Å². The SMILES string of the molecule is COC[C@@H](O)CN1CCO[C@H](c2n[nH]c(C)n2)C1. The molecule has 18 heavy (non-hydrogen) atoms. The topological polar surface area (TPSA) is 83.5 Å². The molecule has 2 rings (SSSR count). The lowest BCUT2D eigenvalue weighted by atomic mass is 10.2. The Morgan fingerprint density at radius 2 is 2.50 bits per heavy atom. The summed E-state index contributed by atoms with van der Waals surface area (Å²) < 4.78 is 10.6. The Hall–Kier alpha value is -1.02. The molecule has 0 radical (unpaired) electrons. The van der Waals surface area contributed by atoms with Crippen LogP contribution in [0.25, 0.3) is 0 Å². The number of aliphatic hydroxyl groups is 1. The molecule has 2 heterocycles. The largest absolute Gasteiger partial charge is 0.389 e. The second kappa shape index (κ2) is 6.24. The van der Waals surface area contributed by atoms with E-state index in [1.165, 1.54) is 0 Å². The molecule has 0 aliphatic carbocycles.